The van der Waals surface area contributed by atoms with E-state index in [0.717, 1.165) is 114 Å². The van der Waals surface area contributed by atoms with Gasteiger partial charge in [0.1, 0.15) is 5.92 Å². The maximum Gasteiger partial charge on any atom is 0.115 e. The fraction of sp³-hybridized carbons (Fsp3) is 0.114. The molecule has 2 atom stereocenters. The van der Waals surface area contributed by atoms with E-state index in [1.54, 1.807) is 22.7 Å². The van der Waals surface area contributed by atoms with Crippen molar-refractivity contribution in [2.75, 3.05) is 0 Å². The molecule has 6 nitrogen and oxygen atoms in total. The Morgan fingerprint density at radius 1 is 0.564 bits per heavy atom. The van der Waals surface area contributed by atoms with Crippen LogP contribution in [0.2, 0.25) is 0 Å². The quantitative estimate of drug-likeness (QED) is 0.135. The second-order valence-corrected chi connectivity index (χ2v) is 23.0. The summed E-state index contributed by atoms with van der Waals surface area (Å²) in [5.74, 6) is -1.01. The lowest BCUT2D eigenvalue weighted by Crippen LogP contribution is -2.43. The zero-order chi connectivity index (χ0) is 53.2. The SMILES string of the molecule is C=C(C=C(C)C)N(C(=C)c1sc2ccccc2c1CC)C1C(C#N)=C(n2c3ccccc3c3ccccc32)C(n2c3cc(C)c(C)cc3c3ccc4c5ccccc5sc4c32)=C(n2c3ccccc3c3ccccc32)[C@@H]1C#N. The minimum Gasteiger partial charge on any atom is -0.331 e. The van der Waals surface area contributed by atoms with E-state index in [4.69, 9.17) is 13.2 Å². The molecule has 1 aliphatic rings. The molecule has 0 saturated carbocycles. The Morgan fingerprint density at radius 3 is 1.64 bits per heavy atom. The van der Waals surface area contributed by atoms with Crippen molar-refractivity contribution in [2.45, 2.75) is 47.1 Å². The van der Waals surface area contributed by atoms with Crippen LogP contribution in [0.25, 0.3) is 118 Å². The Hall–Kier alpha value is -9.18. The fourth-order valence-electron chi connectivity index (χ4n) is 12.9. The van der Waals surface area contributed by atoms with Gasteiger partial charge in [0.25, 0.3) is 0 Å². The second-order valence-electron chi connectivity index (χ2n) is 20.9. The molecule has 0 bridgehead atoms. The van der Waals surface area contributed by atoms with E-state index in [0.29, 0.717) is 22.7 Å². The van der Waals surface area contributed by atoms with Crippen molar-refractivity contribution in [1.29, 1.82) is 10.5 Å². The third kappa shape index (κ3) is 6.70. The van der Waals surface area contributed by atoms with Crippen LogP contribution in [0.15, 0.2) is 206 Å². The van der Waals surface area contributed by atoms with Crippen LogP contribution in [-0.4, -0.2) is 24.6 Å². The number of allylic oxidation sites excluding steroid dienone is 4. The third-order valence-corrected chi connectivity index (χ3v) is 18.7. The molecule has 8 aromatic carbocycles. The van der Waals surface area contributed by atoms with Crippen molar-refractivity contribution in [3.05, 3.63) is 228 Å². The molecule has 0 aliphatic heterocycles. The number of fused-ring (bicyclic) bond motifs is 14. The Morgan fingerprint density at radius 2 is 1.08 bits per heavy atom. The average Bonchev–Trinajstić information content (AvgIpc) is 4.05. The first-order chi connectivity index (χ1) is 38.1. The van der Waals surface area contributed by atoms with Crippen LogP contribution in [0.3, 0.4) is 0 Å². The summed E-state index contributed by atoms with van der Waals surface area (Å²) in [6.45, 7) is 20.6. The topological polar surface area (TPSA) is 65.6 Å². The van der Waals surface area contributed by atoms with Gasteiger partial charge in [0.15, 0.2) is 0 Å². The summed E-state index contributed by atoms with van der Waals surface area (Å²) in [5.41, 5.74) is 14.3. The van der Waals surface area contributed by atoms with Crippen LogP contribution >= 0.6 is 22.7 Å². The number of benzene rings is 8. The van der Waals surface area contributed by atoms with Crippen LogP contribution < -0.4 is 0 Å². The minimum absolute atomic E-state index is 0.429. The van der Waals surface area contributed by atoms with Crippen molar-refractivity contribution in [3.63, 3.8) is 0 Å². The van der Waals surface area contributed by atoms with Gasteiger partial charge >= 0.3 is 0 Å². The Labute approximate surface area is 460 Å². The lowest BCUT2D eigenvalue weighted by Gasteiger charge is -2.43. The largest absolute Gasteiger partial charge is 0.331 e. The van der Waals surface area contributed by atoms with Gasteiger partial charge < -0.3 is 18.6 Å². The molecule has 374 valence electrons. The molecule has 1 unspecified atom stereocenters. The van der Waals surface area contributed by atoms with Crippen molar-refractivity contribution >= 4 is 141 Å². The van der Waals surface area contributed by atoms with E-state index in [1.807, 2.05) is 0 Å². The van der Waals surface area contributed by atoms with Gasteiger partial charge in [-0.2, -0.15) is 10.5 Å². The summed E-state index contributed by atoms with van der Waals surface area (Å²) in [6, 6.07) is 65.7. The predicted octanol–water partition coefficient (Wildman–Crippen LogP) is 19.0. The van der Waals surface area contributed by atoms with Crippen LogP contribution in [0.5, 0.6) is 0 Å². The van der Waals surface area contributed by atoms with Crippen LogP contribution in [0, 0.1) is 42.4 Å². The summed E-state index contributed by atoms with van der Waals surface area (Å²) in [6.07, 6.45) is 2.83. The predicted molar refractivity (Wildman–Crippen MR) is 332 cm³/mol. The molecule has 1 aliphatic carbocycles. The first-order valence-electron chi connectivity index (χ1n) is 26.6. The smallest absolute Gasteiger partial charge is 0.115 e. The molecule has 0 N–H and O–H groups in total. The van der Waals surface area contributed by atoms with Gasteiger partial charge in [0, 0.05) is 58.2 Å². The Bertz CT molecular complexity index is 4870. The third-order valence-electron chi connectivity index (χ3n) is 16.3. The standard InChI is InChI=1S/C70H52N6S2/c1-8-45-50-25-13-19-31-62(50)77-69(45)44(7)73(43(6)35-40(2)3)64-55(38-71)65(74-57-27-15-9-21-46(57)47-22-10-16-28-58(47)74)68(66(56(64)39-72)75-59-29-17-11-23-48(59)49-24-12-18-30-60(49)75)76-61-37-42(5)41(4)36-54(61)52-33-34-53-51-26-14-20-32-63(51)78-70(53)67(52)76/h9-37,55,64H,6-8H2,1-5H3/t55-,64?/m1/s1. The van der Waals surface area contributed by atoms with E-state index in [2.05, 4.69) is 241 Å². The van der Waals surface area contributed by atoms with E-state index in [-0.39, 0.29) is 0 Å². The molecule has 0 radical (unpaired) electrons. The monoisotopic (exact) mass is 1040 g/mol. The van der Waals surface area contributed by atoms with E-state index in [1.165, 1.54) is 26.6 Å². The molecule has 5 aromatic heterocycles. The molecule has 78 heavy (non-hydrogen) atoms. The number of aryl methyl sites for hydroxylation is 3. The lowest BCUT2D eigenvalue weighted by atomic mass is 9.81. The van der Waals surface area contributed by atoms with Gasteiger partial charge in [-0.1, -0.05) is 147 Å². The lowest BCUT2D eigenvalue weighted by molar-refractivity contribution is 0.378. The summed E-state index contributed by atoms with van der Waals surface area (Å²) in [7, 11) is 0. The summed E-state index contributed by atoms with van der Waals surface area (Å²) in [5, 5.41) is 35.5. The second kappa shape index (κ2) is 18.0. The van der Waals surface area contributed by atoms with Gasteiger partial charge in [0.2, 0.25) is 0 Å². The molecule has 5 heterocycles. The van der Waals surface area contributed by atoms with Gasteiger partial charge in [-0.15, -0.1) is 22.7 Å². The number of nitrogens with zero attached hydrogens (tertiary/aromatic N) is 6. The van der Waals surface area contributed by atoms with E-state index in [9.17, 15) is 10.5 Å². The van der Waals surface area contributed by atoms with E-state index >= 15 is 0 Å². The van der Waals surface area contributed by atoms with Crippen molar-refractivity contribution in [1.82, 2.24) is 18.6 Å². The summed E-state index contributed by atoms with van der Waals surface area (Å²) < 4.78 is 10.6. The van der Waals surface area contributed by atoms with Crippen LogP contribution in [-0.2, 0) is 6.42 Å². The Balaban J connectivity index is 1.26. The zero-order valence-corrected chi connectivity index (χ0v) is 45.7. The molecule has 0 fully saturated rings. The molecule has 14 rings (SSSR count). The zero-order valence-electron chi connectivity index (χ0n) is 44.0. The molecular weight excluding hydrogens is 989 g/mol. The van der Waals surface area contributed by atoms with E-state index < -0.39 is 12.0 Å². The van der Waals surface area contributed by atoms with Crippen molar-refractivity contribution < 1.29 is 0 Å². The fourth-order valence-corrected chi connectivity index (χ4v) is 15.4. The molecule has 0 saturated heterocycles. The average molecular weight is 1040 g/mol. The highest BCUT2D eigenvalue weighted by atomic mass is 32.1. The number of aromatic nitrogens is 3. The maximum atomic E-state index is 12.8. The van der Waals surface area contributed by atoms with Gasteiger partial charge in [-0.3, -0.25) is 0 Å². The van der Waals surface area contributed by atoms with Crippen LogP contribution in [0.4, 0.5) is 0 Å². The number of hydrogen-bond donors (Lipinski definition) is 0. The molecular formula is C70H52N6S2. The summed E-state index contributed by atoms with van der Waals surface area (Å²) in [4.78, 5) is 3.15. The number of thiophene rings is 2. The van der Waals surface area contributed by atoms with Gasteiger partial charge in [0.05, 0.1) is 89.2 Å². The van der Waals surface area contributed by atoms with Gasteiger partial charge in [-0.05, 0) is 111 Å². The molecule has 8 heteroatoms. The normalized spacial score (nSPS) is 15.0. The van der Waals surface area contributed by atoms with Crippen molar-refractivity contribution in [2.24, 2.45) is 5.92 Å². The highest BCUT2D eigenvalue weighted by molar-refractivity contribution is 7.26. The number of nitriles is 2. The highest BCUT2D eigenvalue weighted by Crippen LogP contribution is 2.54. The first kappa shape index (κ1) is 47.3. The molecule has 0 amide bonds. The highest BCUT2D eigenvalue weighted by Gasteiger charge is 2.47. The number of para-hydroxylation sites is 4. The van der Waals surface area contributed by atoms with Crippen molar-refractivity contribution in [3.8, 4) is 12.1 Å². The first-order valence-corrected chi connectivity index (χ1v) is 28.2. The Kier molecular flexibility index (Phi) is 10.9. The number of rotatable bonds is 9. The minimum atomic E-state index is -1.01. The maximum absolute atomic E-state index is 12.8. The molecule has 13 aromatic rings. The van der Waals surface area contributed by atoms with Crippen LogP contribution in [0.1, 0.15) is 42.3 Å². The number of hydrogen-bond acceptors (Lipinski definition) is 5. The van der Waals surface area contributed by atoms with Gasteiger partial charge in [-0.25, -0.2) is 0 Å². The summed E-state index contributed by atoms with van der Waals surface area (Å²) >= 11 is 3.50. The molecule has 0 spiro atoms.